The van der Waals surface area contributed by atoms with E-state index in [1.165, 1.54) is 0 Å². The Hall–Kier alpha value is -1.62. The molecule has 5 nitrogen and oxygen atoms in total. The van der Waals surface area contributed by atoms with Crippen LogP contribution >= 0.6 is 0 Å². The lowest BCUT2D eigenvalue weighted by molar-refractivity contribution is 0.0871. The number of nitrogens with zero attached hydrogens (tertiary/aromatic N) is 1. The summed E-state index contributed by atoms with van der Waals surface area (Å²) in [6, 6.07) is 1.75. The first kappa shape index (κ1) is 15.8. The van der Waals surface area contributed by atoms with E-state index in [2.05, 4.69) is 10.3 Å². The van der Waals surface area contributed by atoms with Crippen LogP contribution in [-0.4, -0.2) is 34.8 Å². The largest absolute Gasteiger partial charge is 0.489 e. The van der Waals surface area contributed by atoms with Gasteiger partial charge in [0.1, 0.15) is 5.75 Å². The molecule has 1 amide bonds. The Morgan fingerprint density at radius 3 is 2.90 bits per heavy atom. The fraction of sp³-hybridized carbons (Fsp3) is 0.625. The van der Waals surface area contributed by atoms with Gasteiger partial charge in [-0.3, -0.25) is 9.78 Å². The van der Waals surface area contributed by atoms with Crippen molar-refractivity contribution in [1.82, 2.24) is 10.3 Å². The first-order chi connectivity index (χ1) is 10.1. The molecule has 21 heavy (non-hydrogen) atoms. The molecule has 1 saturated carbocycles. The van der Waals surface area contributed by atoms with Crippen LogP contribution in [-0.2, 0) is 0 Å². The van der Waals surface area contributed by atoms with Crippen molar-refractivity contribution in [2.24, 2.45) is 5.92 Å². The van der Waals surface area contributed by atoms with Crippen LogP contribution in [0, 0.1) is 5.92 Å². The second-order valence-corrected chi connectivity index (χ2v) is 5.88. The first-order valence-corrected chi connectivity index (χ1v) is 7.63. The Balaban J connectivity index is 2.02. The molecule has 2 atom stereocenters. The minimum atomic E-state index is -0.151. The highest BCUT2D eigenvalue weighted by Crippen LogP contribution is 2.24. The van der Waals surface area contributed by atoms with E-state index in [0.29, 0.717) is 11.3 Å². The lowest BCUT2D eigenvalue weighted by Gasteiger charge is -2.30. The van der Waals surface area contributed by atoms with Crippen molar-refractivity contribution in [3.63, 3.8) is 0 Å². The average Bonchev–Trinajstić information content (AvgIpc) is 2.47. The number of aliphatic hydroxyl groups is 1. The molecule has 1 aliphatic carbocycles. The Bertz CT molecular complexity index is 476. The van der Waals surface area contributed by atoms with Gasteiger partial charge in [0.25, 0.3) is 5.91 Å². The summed E-state index contributed by atoms with van der Waals surface area (Å²) < 4.78 is 5.55. The second-order valence-electron chi connectivity index (χ2n) is 5.88. The van der Waals surface area contributed by atoms with Crippen LogP contribution in [0.2, 0.25) is 0 Å². The summed E-state index contributed by atoms with van der Waals surface area (Å²) in [5.41, 5.74) is 0.496. The van der Waals surface area contributed by atoms with Crippen LogP contribution in [0.1, 0.15) is 49.9 Å². The molecule has 0 spiro atoms. The van der Waals surface area contributed by atoms with Crippen molar-refractivity contribution in [3.05, 3.63) is 24.0 Å². The van der Waals surface area contributed by atoms with E-state index in [9.17, 15) is 9.90 Å². The summed E-state index contributed by atoms with van der Waals surface area (Å²) in [5.74, 6) is 0.604. The van der Waals surface area contributed by atoms with Crippen molar-refractivity contribution < 1.29 is 14.6 Å². The molecular formula is C16H24N2O3. The minimum absolute atomic E-state index is 0.0437. The van der Waals surface area contributed by atoms with Gasteiger partial charge in [0, 0.05) is 24.8 Å². The lowest BCUT2D eigenvalue weighted by atomic mass is 9.85. The van der Waals surface area contributed by atoms with E-state index in [-0.39, 0.29) is 30.6 Å². The maximum Gasteiger partial charge on any atom is 0.253 e. The summed E-state index contributed by atoms with van der Waals surface area (Å²) in [4.78, 5) is 16.4. The number of carbonyl (C=O) groups excluding carboxylic acids is 1. The molecule has 116 valence electrons. The maximum absolute atomic E-state index is 12.3. The smallest absolute Gasteiger partial charge is 0.253 e. The third-order valence-electron chi connectivity index (χ3n) is 3.81. The van der Waals surface area contributed by atoms with Crippen LogP contribution in [0.4, 0.5) is 0 Å². The number of aliphatic hydroxyl groups excluding tert-OH is 1. The van der Waals surface area contributed by atoms with Crippen molar-refractivity contribution in [3.8, 4) is 5.75 Å². The zero-order valence-electron chi connectivity index (χ0n) is 12.7. The molecule has 0 radical (unpaired) electrons. The van der Waals surface area contributed by atoms with Gasteiger partial charge in [-0.1, -0.05) is 12.8 Å². The summed E-state index contributed by atoms with van der Waals surface area (Å²) >= 11 is 0. The molecule has 0 bridgehead atoms. The highest BCUT2D eigenvalue weighted by atomic mass is 16.5. The Morgan fingerprint density at radius 1 is 1.43 bits per heavy atom. The van der Waals surface area contributed by atoms with Crippen LogP contribution < -0.4 is 10.1 Å². The van der Waals surface area contributed by atoms with E-state index < -0.39 is 0 Å². The molecular weight excluding hydrogens is 268 g/mol. The van der Waals surface area contributed by atoms with Gasteiger partial charge >= 0.3 is 0 Å². The predicted molar refractivity (Wildman–Crippen MR) is 80.3 cm³/mol. The van der Waals surface area contributed by atoms with Crippen LogP contribution in [0.15, 0.2) is 18.5 Å². The summed E-state index contributed by atoms with van der Waals surface area (Å²) in [7, 11) is 0. The molecule has 0 aromatic carbocycles. The fourth-order valence-electron chi connectivity index (χ4n) is 2.75. The molecule has 1 aromatic rings. The van der Waals surface area contributed by atoms with Gasteiger partial charge in [-0.2, -0.15) is 0 Å². The second kappa shape index (κ2) is 7.41. The number of aromatic nitrogens is 1. The van der Waals surface area contributed by atoms with E-state index >= 15 is 0 Å². The summed E-state index contributed by atoms with van der Waals surface area (Å²) in [6.45, 7) is 3.99. The summed E-state index contributed by atoms with van der Waals surface area (Å²) in [6.07, 6.45) is 7.30. The SMILES string of the molecule is CC(C)Oc1cncc(C(=O)NC2CCCCC2CO)c1. The Kier molecular flexibility index (Phi) is 5.56. The summed E-state index contributed by atoms with van der Waals surface area (Å²) in [5, 5.41) is 12.4. The molecule has 2 N–H and O–H groups in total. The maximum atomic E-state index is 12.3. The molecule has 1 aliphatic rings. The zero-order chi connectivity index (χ0) is 15.2. The van der Waals surface area contributed by atoms with E-state index in [1.807, 2.05) is 13.8 Å². The van der Waals surface area contributed by atoms with Gasteiger partial charge in [-0.25, -0.2) is 0 Å². The van der Waals surface area contributed by atoms with E-state index in [4.69, 9.17) is 4.74 Å². The number of rotatable bonds is 5. The monoisotopic (exact) mass is 292 g/mol. The van der Waals surface area contributed by atoms with Gasteiger partial charge in [0.15, 0.2) is 0 Å². The van der Waals surface area contributed by atoms with Crippen LogP contribution in [0.3, 0.4) is 0 Å². The number of hydrogen-bond donors (Lipinski definition) is 2. The molecule has 0 saturated heterocycles. The van der Waals surface area contributed by atoms with E-state index in [1.54, 1.807) is 18.5 Å². The molecule has 1 fully saturated rings. The third kappa shape index (κ3) is 4.43. The zero-order valence-corrected chi connectivity index (χ0v) is 12.7. The molecule has 2 rings (SSSR count). The van der Waals surface area contributed by atoms with Crippen LogP contribution in [0.25, 0.3) is 0 Å². The normalized spacial score (nSPS) is 22.1. The van der Waals surface area contributed by atoms with Gasteiger partial charge in [0.05, 0.1) is 17.9 Å². The molecule has 1 heterocycles. The molecule has 0 aliphatic heterocycles. The van der Waals surface area contributed by atoms with Gasteiger partial charge < -0.3 is 15.2 Å². The number of pyridine rings is 1. The van der Waals surface area contributed by atoms with Crippen LogP contribution in [0.5, 0.6) is 5.75 Å². The quantitative estimate of drug-likeness (QED) is 0.872. The van der Waals surface area contributed by atoms with Crippen molar-refractivity contribution in [1.29, 1.82) is 0 Å². The molecule has 2 unspecified atom stereocenters. The first-order valence-electron chi connectivity index (χ1n) is 7.63. The Morgan fingerprint density at radius 2 is 2.19 bits per heavy atom. The van der Waals surface area contributed by atoms with Gasteiger partial charge in [-0.15, -0.1) is 0 Å². The van der Waals surface area contributed by atoms with Gasteiger partial charge in [0.2, 0.25) is 0 Å². The number of carbonyl (C=O) groups is 1. The number of amides is 1. The predicted octanol–water partition coefficient (Wildman–Crippen LogP) is 2.15. The number of hydrogen-bond acceptors (Lipinski definition) is 4. The number of nitrogens with one attached hydrogen (secondary N) is 1. The third-order valence-corrected chi connectivity index (χ3v) is 3.81. The molecule has 5 heteroatoms. The minimum Gasteiger partial charge on any atom is -0.489 e. The molecule has 1 aromatic heterocycles. The van der Waals surface area contributed by atoms with Crippen molar-refractivity contribution >= 4 is 5.91 Å². The fourth-order valence-corrected chi connectivity index (χ4v) is 2.75. The highest BCUT2D eigenvalue weighted by Gasteiger charge is 2.26. The standard InChI is InChI=1S/C16H24N2O3/c1-11(2)21-14-7-13(8-17-9-14)16(20)18-15-6-4-3-5-12(15)10-19/h7-9,11-12,15,19H,3-6,10H2,1-2H3,(H,18,20). The lowest BCUT2D eigenvalue weighted by Crippen LogP contribution is -2.43. The van der Waals surface area contributed by atoms with Gasteiger partial charge in [-0.05, 0) is 32.8 Å². The van der Waals surface area contributed by atoms with E-state index in [0.717, 1.165) is 25.7 Å². The Labute approximate surface area is 125 Å². The average molecular weight is 292 g/mol. The topological polar surface area (TPSA) is 71.5 Å². The van der Waals surface area contributed by atoms with Crippen molar-refractivity contribution in [2.75, 3.05) is 6.61 Å². The number of ether oxygens (including phenoxy) is 1. The van der Waals surface area contributed by atoms with Crippen molar-refractivity contribution in [2.45, 2.75) is 51.7 Å². The highest BCUT2D eigenvalue weighted by molar-refractivity contribution is 5.94.